The SMILES string of the molecule is Cc1cc(NC(=O)Cn2nc(C)c3c(C(F)(F)F)cc(C4CC4)nc32)n(C)n1. The van der Waals surface area contributed by atoms with Crippen LogP contribution in [-0.4, -0.2) is 30.5 Å². The van der Waals surface area contributed by atoms with E-state index >= 15 is 0 Å². The first kappa shape index (κ1) is 18.5. The number of aryl methyl sites for hydroxylation is 3. The number of pyridine rings is 1. The summed E-state index contributed by atoms with van der Waals surface area (Å²) in [4.78, 5) is 16.9. The first-order chi connectivity index (χ1) is 13.1. The molecule has 0 bridgehead atoms. The largest absolute Gasteiger partial charge is 0.417 e. The fourth-order valence-corrected chi connectivity index (χ4v) is 3.34. The summed E-state index contributed by atoms with van der Waals surface area (Å²) in [5, 5.41) is 11.0. The second kappa shape index (κ2) is 6.32. The number of fused-ring (bicyclic) bond motifs is 1. The van der Waals surface area contributed by atoms with Gasteiger partial charge in [0.1, 0.15) is 12.4 Å². The van der Waals surface area contributed by atoms with E-state index in [1.54, 1.807) is 20.0 Å². The number of nitrogens with one attached hydrogen (secondary N) is 1. The maximum atomic E-state index is 13.6. The molecule has 148 valence electrons. The highest BCUT2D eigenvalue weighted by Gasteiger charge is 2.37. The van der Waals surface area contributed by atoms with E-state index in [-0.39, 0.29) is 29.2 Å². The molecule has 1 saturated carbocycles. The van der Waals surface area contributed by atoms with Crippen molar-refractivity contribution in [2.75, 3.05) is 5.32 Å². The number of rotatable bonds is 4. The van der Waals surface area contributed by atoms with Crippen LogP contribution in [0.2, 0.25) is 0 Å². The van der Waals surface area contributed by atoms with Gasteiger partial charge in [-0.3, -0.25) is 9.48 Å². The Balaban J connectivity index is 1.72. The number of carbonyl (C=O) groups is 1. The minimum absolute atomic E-state index is 0.0420. The predicted octanol–water partition coefficient (Wildman–Crippen LogP) is 3.32. The molecular weight excluding hydrogens is 373 g/mol. The van der Waals surface area contributed by atoms with Crippen LogP contribution in [0, 0.1) is 13.8 Å². The summed E-state index contributed by atoms with van der Waals surface area (Å²) in [7, 11) is 1.69. The van der Waals surface area contributed by atoms with Crippen LogP contribution in [0.5, 0.6) is 0 Å². The van der Waals surface area contributed by atoms with Crippen LogP contribution < -0.4 is 5.32 Å². The second-order valence-corrected chi connectivity index (χ2v) is 7.15. The van der Waals surface area contributed by atoms with Crippen LogP contribution in [0.15, 0.2) is 12.1 Å². The van der Waals surface area contributed by atoms with Gasteiger partial charge in [-0.1, -0.05) is 0 Å². The average Bonchev–Trinajstić information content (AvgIpc) is 3.33. The summed E-state index contributed by atoms with van der Waals surface area (Å²) in [6, 6.07) is 2.83. The van der Waals surface area contributed by atoms with Crippen LogP contribution in [0.25, 0.3) is 11.0 Å². The minimum Gasteiger partial charge on any atom is -0.309 e. The lowest BCUT2D eigenvalue weighted by atomic mass is 10.1. The summed E-state index contributed by atoms with van der Waals surface area (Å²) in [5.41, 5.74) is 0.685. The fraction of sp³-hybridized carbons (Fsp3) is 0.444. The highest BCUT2D eigenvalue weighted by atomic mass is 19.4. The van der Waals surface area contributed by atoms with Gasteiger partial charge in [0.15, 0.2) is 5.65 Å². The van der Waals surface area contributed by atoms with Crippen molar-refractivity contribution >= 4 is 22.8 Å². The van der Waals surface area contributed by atoms with Crippen molar-refractivity contribution in [2.45, 2.75) is 45.3 Å². The number of alkyl halides is 3. The molecule has 1 fully saturated rings. The topological polar surface area (TPSA) is 77.6 Å². The number of hydrogen-bond acceptors (Lipinski definition) is 4. The molecule has 0 atom stereocenters. The number of nitrogens with zero attached hydrogens (tertiary/aromatic N) is 5. The molecule has 1 amide bonds. The molecule has 0 aromatic carbocycles. The summed E-state index contributed by atoms with van der Waals surface area (Å²) >= 11 is 0. The van der Waals surface area contributed by atoms with Crippen molar-refractivity contribution in [3.63, 3.8) is 0 Å². The van der Waals surface area contributed by atoms with Gasteiger partial charge in [0.05, 0.1) is 22.3 Å². The Bertz CT molecular complexity index is 1080. The normalized spacial score (nSPS) is 14.6. The van der Waals surface area contributed by atoms with Crippen LogP contribution in [0.1, 0.15) is 41.4 Å². The van der Waals surface area contributed by atoms with Crippen molar-refractivity contribution in [3.8, 4) is 0 Å². The lowest BCUT2D eigenvalue weighted by molar-refractivity contribution is -0.136. The van der Waals surface area contributed by atoms with Gasteiger partial charge < -0.3 is 5.32 Å². The van der Waals surface area contributed by atoms with Gasteiger partial charge >= 0.3 is 6.18 Å². The average molecular weight is 392 g/mol. The van der Waals surface area contributed by atoms with E-state index in [0.717, 1.165) is 24.6 Å². The molecule has 28 heavy (non-hydrogen) atoms. The zero-order valence-electron chi connectivity index (χ0n) is 15.6. The number of aromatic nitrogens is 5. The third-order valence-electron chi connectivity index (χ3n) is 4.76. The van der Waals surface area contributed by atoms with Gasteiger partial charge in [0, 0.05) is 24.7 Å². The molecule has 1 aliphatic carbocycles. The molecule has 1 N–H and O–H groups in total. The highest BCUT2D eigenvalue weighted by Crippen LogP contribution is 2.43. The maximum Gasteiger partial charge on any atom is 0.417 e. The maximum absolute atomic E-state index is 13.6. The molecule has 0 radical (unpaired) electrons. The fourth-order valence-electron chi connectivity index (χ4n) is 3.34. The smallest absolute Gasteiger partial charge is 0.309 e. The molecule has 3 aromatic heterocycles. The van der Waals surface area contributed by atoms with Gasteiger partial charge in [-0.25, -0.2) is 9.67 Å². The van der Waals surface area contributed by atoms with Gasteiger partial charge in [-0.2, -0.15) is 23.4 Å². The van der Waals surface area contributed by atoms with Gasteiger partial charge in [-0.15, -0.1) is 0 Å². The zero-order valence-corrected chi connectivity index (χ0v) is 15.6. The number of halogens is 3. The monoisotopic (exact) mass is 392 g/mol. The molecule has 0 unspecified atom stereocenters. The van der Waals surface area contributed by atoms with E-state index < -0.39 is 17.6 Å². The van der Waals surface area contributed by atoms with E-state index in [1.807, 2.05) is 0 Å². The molecule has 3 heterocycles. The lowest BCUT2D eigenvalue weighted by Crippen LogP contribution is -2.21. The van der Waals surface area contributed by atoms with E-state index in [2.05, 4.69) is 20.5 Å². The molecule has 4 rings (SSSR count). The molecule has 0 aliphatic heterocycles. The van der Waals surface area contributed by atoms with Crippen LogP contribution in [-0.2, 0) is 24.6 Å². The minimum atomic E-state index is -4.52. The third kappa shape index (κ3) is 3.34. The quantitative estimate of drug-likeness (QED) is 0.739. The van der Waals surface area contributed by atoms with E-state index in [0.29, 0.717) is 11.5 Å². The molecule has 0 spiro atoms. The molecule has 7 nitrogen and oxygen atoms in total. The number of carbonyl (C=O) groups excluding carboxylic acids is 1. The van der Waals surface area contributed by atoms with Gasteiger partial charge in [0.2, 0.25) is 5.91 Å². The Hall–Kier alpha value is -2.91. The Morgan fingerprint density at radius 1 is 1.25 bits per heavy atom. The number of anilines is 1. The van der Waals surface area contributed by atoms with E-state index in [4.69, 9.17) is 0 Å². The van der Waals surface area contributed by atoms with Crippen molar-refractivity contribution in [3.05, 3.63) is 34.8 Å². The van der Waals surface area contributed by atoms with Crippen LogP contribution in [0.4, 0.5) is 19.0 Å². The molecular formula is C18H19F3N6O. The Labute approximate surface area is 158 Å². The summed E-state index contributed by atoms with van der Waals surface area (Å²) in [6.07, 6.45) is -2.87. The molecule has 1 aliphatic rings. The predicted molar refractivity (Wildman–Crippen MR) is 95.8 cm³/mol. The van der Waals surface area contributed by atoms with E-state index in [1.165, 1.54) is 16.3 Å². The third-order valence-corrected chi connectivity index (χ3v) is 4.76. The molecule has 10 heteroatoms. The zero-order chi connectivity index (χ0) is 20.2. The number of amides is 1. The highest BCUT2D eigenvalue weighted by molar-refractivity contribution is 5.91. The first-order valence-corrected chi connectivity index (χ1v) is 8.89. The van der Waals surface area contributed by atoms with E-state index in [9.17, 15) is 18.0 Å². The van der Waals surface area contributed by atoms with Crippen molar-refractivity contribution < 1.29 is 18.0 Å². The first-order valence-electron chi connectivity index (χ1n) is 8.89. The molecule has 3 aromatic rings. The van der Waals surface area contributed by atoms with Gasteiger partial charge in [0.25, 0.3) is 0 Å². The van der Waals surface area contributed by atoms with Crippen molar-refractivity contribution in [2.24, 2.45) is 7.05 Å². The van der Waals surface area contributed by atoms with Crippen molar-refractivity contribution in [1.29, 1.82) is 0 Å². The Kier molecular flexibility index (Phi) is 4.16. The summed E-state index contributed by atoms with van der Waals surface area (Å²) in [6.45, 7) is 3.05. The van der Waals surface area contributed by atoms with Crippen molar-refractivity contribution in [1.82, 2.24) is 24.5 Å². The summed E-state index contributed by atoms with van der Waals surface area (Å²) < 4.78 is 43.6. The van der Waals surface area contributed by atoms with Crippen LogP contribution in [0.3, 0.4) is 0 Å². The summed E-state index contributed by atoms with van der Waals surface area (Å²) in [5.74, 6) is 0.123. The standard InChI is InChI=1S/C18H19F3N6O/c1-9-6-14(26(3)24-9)23-15(28)8-27-17-16(10(2)25-27)12(18(19,20)21)7-13(22-17)11-4-5-11/h6-7,11H,4-5,8H2,1-3H3,(H,23,28). The lowest BCUT2D eigenvalue weighted by Gasteiger charge is -2.11. The van der Waals surface area contributed by atoms with Crippen LogP contribution >= 0.6 is 0 Å². The number of hydrogen-bond donors (Lipinski definition) is 1. The molecule has 0 saturated heterocycles. The Morgan fingerprint density at radius 2 is 1.96 bits per heavy atom. The van der Waals surface area contributed by atoms with Gasteiger partial charge in [-0.05, 0) is 32.8 Å². The second-order valence-electron chi connectivity index (χ2n) is 7.15. The Morgan fingerprint density at radius 3 is 2.54 bits per heavy atom.